The normalized spacial score (nSPS) is 10.2. The molecule has 0 atom stereocenters. The molecule has 2 N–H and O–H groups in total. The van der Waals surface area contributed by atoms with Gasteiger partial charge in [0, 0.05) is 24.0 Å². The number of nitrogens with two attached hydrogens (primary N) is 1. The predicted molar refractivity (Wildman–Crippen MR) is 48.7 cm³/mol. The van der Waals surface area contributed by atoms with Crippen LogP contribution >= 0.6 is 0 Å². The molecule has 1 heterocycles. The molecule has 3 nitrogen and oxygen atoms in total. The van der Waals surface area contributed by atoms with E-state index >= 15 is 0 Å². The minimum absolute atomic E-state index is 0.537. The minimum atomic E-state index is 0.537. The number of hydrogen-bond donors (Lipinski definition) is 1. The van der Waals surface area contributed by atoms with Crippen molar-refractivity contribution < 1.29 is 0 Å². The molecule has 66 valence electrons. The van der Waals surface area contributed by atoms with Crippen LogP contribution in [0.3, 0.4) is 0 Å². The number of aryl methyl sites for hydroxylation is 2. The van der Waals surface area contributed by atoms with Crippen LogP contribution in [0.15, 0.2) is 6.20 Å². The average Bonchev–Trinajstić information content (AvgIpc) is 2.05. The van der Waals surface area contributed by atoms with Gasteiger partial charge in [-0.3, -0.25) is 0 Å². The summed E-state index contributed by atoms with van der Waals surface area (Å²) in [6.07, 6.45) is 3.92. The van der Waals surface area contributed by atoms with Gasteiger partial charge < -0.3 is 5.73 Å². The first-order valence-corrected chi connectivity index (χ1v) is 4.29. The molecule has 0 unspecified atom stereocenters. The van der Waals surface area contributed by atoms with Crippen molar-refractivity contribution in [2.45, 2.75) is 33.2 Å². The lowest BCUT2D eigenvalue weighted by Gasteiger charge is -2.04. The van der Waals surface area contributed by atoms with E-state index in [-0.39, 0.29) is 0 Å². The van der Waals surface area contributed by atoms with Gasteiger partial charge in [-0.05, 0) is 13.3 Å². The van der Waals surface area contributed by atoms with Crippen LogP contribution in [0.5, 0.6) is 0 Å². The lowest BCUT2D eigenvalue weighted by Crippen LogP contribution is -2.06. The summed E-state index contributed by atoms with van der Waals surface area (Å²) in [6.45, 7) is 4.58. The van der Waals surface area contributed by atoms with Gasteiger partial charge >= 0.3 is 0 Å². The number of rotatable bonds is 3. The highest BCUT2D eigenvalue weighted by molar-refractivity contribution is 5.17. The van der Waals surface area contributed by atoms with Gasteiger partial charge in [0.2, 0.25) is 0 Å². The molecule has 12 heavy (non-hydrogen) atoms. The SMILES string of the molecule is CCCc1nc(C)ncc1CN. The van der Waals surface area contributed by atoms with Gasteiger partial charge in [-0.2, -0.15) is 0 Å². The molecule has 0 fully saturated rings. The van der Waals surface area contributed by atoms with E-state index in [2.05, 4.69) is 16.9 Å². The van der Waals surface area contributed by atoms with Gasteiger partial charge in [-0.1, -0.05) is 13.3 Å². The second kappa shape index (κ2) is 4.16. The zero-order valence-corrected chi connectivity index (χ0v) is 7.67. The molecule has 0 bridgehead atoms. The summed E-state index contributed by atoms with van der Waals surface area (Å²) in [4.78, 5) is 8.44. The molecule has 1 rings (SSSR count). The molecular weight excluding hydrogens is 150 g/mol. The maximum atomic E-state index is 5.55. The topological polar surface area (TPSA) is 51.8 Å². The average molecular weight is 165 g/mol. The van der Waals surface area contributed by atoms with Gasteiger partial charge in [-0.15, -0.1) is 0 Å². The van der Waals surface area contributed by atoms with Gasteiger partial charge in [0.25, 0.3) is 0 Å². The fraction of sp³-hybridized carbons (Fsp3) is 0.556. The first-order chi connectivity index (χ1) is 5.77. The van der Waals surface area contributed by atoms with Crippen molar-refractivity contribution in [3.63, 3.8) is 0 Å². The quantitative estimate of drug-likeness (QED) is 0.732. The Morgan fingerprint density at radius 2 is 2.25 bits per heavy atom. The first-order valence-electron chi connectivity index (χ1n) is 4.29. The maximum Gasteiger partial charge on any atom is 0.125 e. The summed E-state index contributed by atoms with van der Waals surface area (Å²) in [5.74, 6) is 0.829. The van der Waals surface area contributed by atoms with Gasteiger partial charge in [0.15, 0.2) is 0 Å². The van der Waals surface area contributed by atoms with Crippen LogP contribution in [0.4, 0.5) is 0 Å². The Morgan fingerprint density at radius 3 is 2.83 bits per heavy atom. The van der Waals surface area contributed by atoms with Gasteiger partial charge in [-0.25, -0.2) is 9.97 Å². The molecule has 3 heteroatoms. The molecule has 0 aromatic carbocycles. The van der Waals surface area contributed by atoms with Crippen molar-refractivity contribution in [3.8, 4) is 0 Å². The zero-order chi connectivity index (χ0) is 8.97. The molecule has 1 aromatic rings. The van der Waals surface area contributed by atoms with Crippen molar-refractivity contribution in [3.05, 3.63) is 23.3 Å². The second-order valence-corrected chi connectivity index (χ2v) is 2.84. The Kier molecular flexibility index (Phi) is 3.17. The monoisotopic (exact) mass is 165 g/mol. The molecular formula is C9H15N3. The maximum absolute atomic E-state index is 5.55. The zero-order valence-electron chi connectivity index (χ0n) is 7.67. The molecule has 0 aliphatic rings. The molecule has 0 amide bonds. The lowest BCUT2D eigenvalue weighted by atomic mass is 10.1. The van der Waals surface area contributed by atoms with E-state index < -0.39 is 0 Å². The summed E-state index contributed by atoms with van der Waals surface area (Å²) in [5.41, 5.74) is 7.73. The molecule has 0 aliphatic carbocycles. The molecule has 0 saturated heterocycles. The van der Waals surface area contributed by atoms with E-state index in [1.807, 2.05) is 13.1 Å². The molecule has 0 spiro atoms. The third-order valence-corrected chi connectivity index (χ3v) is 1.78. The summed E-state index contributed by atoms with van der Waals surface area (Å²) in [5, 5.41) is 0. The van der Waals surface area contributed by atoms with E-state index in [0.717, 1.165) is 29.9 Å². The van der Waals surface area contributed by atoms with E-state index in [9.17, 15) is 0 Å². The predicted octanol–water partition coefficient (Wildman–Crippen LogP) is 1.20. The van der Waals surface area contributed by atoms with Crippen molar-refractivity contribution in [2.75, 3.05) is 0 Å². The third-order valence-electron chi connectivity index (χ3n) is 1.78. The van der Waals surface area contributed by atoms with Crippen molar-refractivity contribution in [1.82, 2.24) is 9.97 Å². The minimum Gasteiger partial charge on any atom is -0.326 e. The van der Waals surface area contributed by atoms with E-state index in [4.69, 9.17) is 5.73 Å². The fourth-order valence-corrected chi connectivity index (χ4v) is 1.17. The Morgan fingerprint density at radius 1 is 1.50 bits per heavy atom. The summed E-state index contributed by atoms with van der Waals surface area (Å²) in [7, 11) is 0. The van der Waals surface area contributed by atoms with Crippen molar-refractivity contribution >= 4 is 0 Å². The van der Waals surface area contributed by atoms with E-state index in [1.165, 1.54) is 0 Å². The van der Waals surface area contributed by atoms with Crippen LogP contribution in [0.2, 0.25) is 0 Å². The van der Waals surface area contributed by atoms with Crippen LogP contribution in [0.1, 0.15) is 30.4 Å². The molecule has 0 aliphatic heterocycles. The van der Waals surface area contributed by atoms with Gasteiger partial charge in [0.1, 0.15) is 5.82 Å². The van der Waals surface area contributed by atoms with Crippen molar-refractivity contribution in [1.29, 1.82) is 0 Å². The molecule has 0 saturated carbocycles. The highest BCUT2D eigenvalue weighted by atomic mass is 14.9. The number of nitrogens with zero attached hydrogens (tertiary/aromatic N) is 2. The Labute approximate surface area is 73.0 Å². The Balaban J connectivity index is 2.95. The van der Waals surface area contributed by atoms with Crippen LogP contribution < -0.4 is 5.73 Å². The largest absolute Gasteiger partial charge is 0.326 e. The van der Waals surface area contributed by atoms with Crippen molar-refractivity contribution in [2.24, 2.45) is 5.73 Å². The number of hydrogen-bond acceptors (Lipinski definition) is 3. The summed E-state index contributed by atoms with van der Waals surface area (Å²) in [6, 6.07) is 0. The molecule has 0 radical (unpaired) electrons. The smallest absolute Gasteiger partial charge is 0.125 e. The fourth-order valence-electron chi connectivity index (χ4n) is 1.17. The number of aromatic nitrogens is 2. The first kappa shape index (κ1) is 9.13. The van der Waals surface area contributed by atoms with Crippen LogP contribution in [0.25, 0.3) is 0 Å². The van der Waals surface area contributed by atoms with Crippen LogP contribution in [-0.2, 0) is 13.0 Å². The Bertz CT molecular complexity index is 258. The highest BCUT2D eigenvalue weighted by Crippen LogP contribution is 2.06. The van der Waals surface area contributed by atoms with E-state index in [0.29, 0.717) is 6.54 Å². The van der Waals surface area contributed by atoms with Crippen LogP contribution in [-0.4, -0.2) is 9.97 Å². The van der Waals surface area contributed by atoms with Gasteiger partial charge in [0.05, 0.1) is 0 Å². The molecule has 1 aromatic heterocycles. The third kappa shape index (κ3) is 2.01. The summed E-state index contributed by atoms with van der Waals surface area (Å²) >= 11 is 0. The van der Waals surface area contributed by atoms with Crippen LogP contribution in [0, 0.1) is 6.92 Å². The standard InChI is InChI=1S/C9H15N3/c1-3-4-9-8(5-10)6-11-7(2)12-9/h6H,3-5,10H2,1-2H3. The highest BCUT2D eigenvalue weighted by Gasteiger charge is 2.01. The van der Waals surface area contributed by atoms with E-state index in [1.54, 1.807) is 0 Å². The summed E-state index contributed by atoms with van der Waals surface area (Å²) < 4.78 is 0. The Hall–Kier alpha value is -0.960. The lowest BCUT2D eigenvalue weighted by molar-refractivity contribution is 0.822. The second-order valence-electron chi connectivity index (χ2n) is 2.84.